The topological polar surface area (TPSA) is 50.8 Å². The van der Waals surface area contributed by atoms with E-state index < -0.39 is 0 Å². The molecule has 1 amide bonds. The highest BCUT2D eigenvalue weighted by Crippen LogP contribution is 2.29. The minimum Gasteiger partial charge on any atom is -0.493 e. The fraction of sp³-hybridized carbons (Fsp3) is 0.435. The van der Waals surface area contributed by atoms with E-state index in [4.69, 9.17) is 9.47 Å². The zero-order chi connectivity index (χ0) is 19.8. The van der Waals surface area contributed by atoms with Gasteiger partial charge in [0.05, 0.1) is 7.11 Å². The summed E-state index contributed by atoms with van der Waals surface area (Å²) in [6.07, 6.45) is 5.18. The minimum absolute atomic E-state index is 0.0901. The molecule has 1 aliphatic carbocycles. The third kappa shape index (κ3) is 5.49. The summed E-state index contributed by atoms with van der Waals surface area (Å²) < 4.78 is 11.3. The fourth-order valence-corrected chi connectivity index (χ4v) is 3.64. The molecule has 5 heteroatoms. The van der Waals surface area contributed by atoms with Gasteiger partial charge in [-0.1, -0.05) is 43.2 Å². The van der Waals surface area contributed by atoms with Gasteiger partial charge in [0.25, 0.3) is 5.91 Å². The van der Waals surface area contributed by atoms with Gasteiger partial charge in [0.2, 0.25) is 0 Å². The molecule has 2 aromatic rings. The van der Waals surface area contributed by atoms with E-state index in [0.717, 1.165) is 12.1 Å². The maximum Gasteiger partial charge on any atom is 0.251 e. The van der Waals surface area contributed by atoms with Gasteiger partial charge in [-0.3, -0.25) is 4.79 Å². The summed E-state index contributed by atoms with van der Waals surface area (Å²) in [5.41, 5.74) is 1.66. The number of rotatable bonds is 9. The predicted molar refractivity (Wildman–Crippen MR) is 111 cm³/mol. The van der Waals surface area contributed by atoms with Crippen molar-refractivity contribution in [1.82, 2.24) is 10.2 Å². The van der Waals surface area contributed by atoms with E-state index in [1.54, 1.807) is 25.3 Å². The smallest absolute Gasteiger partial charge is 0.251 e. The van der Waals surface area contributed by atoms with Crippen molar-refractivity contribution < 1.29 is 14.3 Å². The largest absolute Gasteiger partial charge is 0.493 e. The monoisotopic (exact) mass is 382 g/mol. The number of amides is 1. The Labute approximate surface area is 167 Å². The molecule has 150 valence electrons. The summed E-state index contributed by atoms with van der Waals surface area (Å²) in [7, 11) is 3.73. The van der Waals surface area contributed by atoms with Crippen LogP contribution in [0, 0.1) is 0 Å². The molecule has 0 unspecified atom stereocenters. The Kier molecular flexibility index (Phi) is 7.31. The lowest BCUT2D eigenvalue weighted by atomic mass is 10.2. The van der Waals surface area contributed by atoms with Crippen molar-refractivity contribution in [3.63, 3.8) is 0 Å². The lowest BCUT2D eigenvalue weighted by Crippen LogP contribution is -2.37. The Hall–Kier alpha value is -2.53. The lowest BCUT2D eigenvalue weighted by Gasteiger charge is -2.23. The average Bonchev–Trinajstić information content (AvgIpc) is 3.27. The third-order valence-electron chi connectivity index (χ3n) is 5.36. The van der Waals surface area contributed by atoms with Gasteiger partial charge in [-0.2, -0.15) is 0 Å². The van der Waals surface area contributed by atoms with Crippen LogP contribution in [0.15, 0.2) is 48.5 Å². The molecule has 0 aromatic heterocycles. The molecule has 0 saturated heterocycles. The van der Waals surface area contributed by atoms with Crippen molar-refractivity contribution in [3.8, 4) is 11.5 Å². The van der Waals surface area contributed by atoms with Crippen molar-refractivity contribution in [2.24, 2.45) is 0 Å². The second-order valence-electron chi connectivity index (χ2n) is 7.31. The molecule has 0 bridgehead atoms. The van der Waals surface area contributed by atoms with E-state index >= 15 is 0 Å². The first-order valence-electron chi connectivity index (χ1n) is 10.0. The standard InChI is InChI=1S/C23H30N2O3/c1-25(20-10-6-7-11-20)15-14-24-23(26)19-12-13-21(22(16-19)27-2)28-17-18-8-4-3-5-9-18/h3-5,8-9,12-13,16,20H,6-7,10-11,14-15,17H2,1-2H3,(H,24,26). The van der Waals surface area contributed by atoms with Gasteiger partial charge in [-0.25, -0.2) is 0 Å². The maximum atomic E-state index is 12.5. The zero-order valence-corrected chi connectivity index (χ0v) is 16.8. The first-order chi connectivity index (χ1) is 13.7. The van der Waals surface area contributed by atoms with Crippen LogP contribution in [0.3, 0.4) is 0 Å². The summed E-state index contributed by atoms with van der Waals surface area (Å²) in [6.45, 7) is 1.96. The average molecular weight is 383 g/mol. The fourth-order valence-electron chi connectivity index (χ4n) is 3.64. The summed E-state index contributed by atoms with van der Waals surface area (Å²) in [4.78, 5) is 14.8. The summed E-state index contributed by atoms with van der Waals surface area (Å²) in [6, 6.07) is 15.9. The number of methoxy groups -OCH3 is 1. The van der Waals surface area contributed by atoms with Crippen LogP contribution in [0.1, 0.15) is 41.6 Å². The lowest BCUT2D eigenvalue weighted by molar-refractivity contribution is 0.0946. The molecule has 5 nitrogen and oxygen atoms in total. The Morgan fingerprint density at radius 1 is 1.11 bits per heavy atom. The van der Waals surface area contributed by atoms with Gasteiger partial charge in [-0.15, -0.1) is 0 Å². The van der Waals surface area contributed by atoms with Crippen molar-refractivity contribution in [2.75, 3.05) is 27.2 Å². The van der Waals surface area contributed by atoms with E-state index in [0.29, 0.717) is 36.3 Å². The zero-order valence-electron chi connectivity index (χ0n) is 16.8. The Morgan fingerprint density at radius 2 is 1.86 bits per heavy atom. The molecule has 0 radical (unpaired) electrons. The molecule has 1 N–H and O–H groups in total. The van der Waals surface area contributed by atoms with Gasteiger partial charge < -0.3 is 19.7 Å². The molecule has 0 atom stereocenters. The Morgan fingerprint density at radius 3 is 2.57 bits per heavy atom. The molecule has 1 fully saturated rings. The van der Waals surface area contributed by atoms with E-state index in [2.05, 4.69) is 17.3 Å². The first kappa shape index (κ1) is 20.2. The summed E-state index contributed by atoms with van der Waals surface area (Å²) in [5, 5.41) is 3.00. The van der Waals surface area contributed by atoms with Crippen molar-refractivity contribution in [1.29, 1.82) is 0 Å². The molecule has 0 heterocycles. The van der Waals surface area contributed by atoms with Crippen molar-refractivity contribution in [3.05, 3.63) is 59.7 Å². The molecule has 28 heavy (non-hydrogen) atoms. The minimum atomic E-state index is -0.0901. The summed E-state index contributed by atoms with van der Waals surface area (Å²) >= 11 is 0. The molecule has 1 aliphatic rings. The second-order valence-corrected chi connectivity index (χ2v) is 7.31. The molecule has 0 spiro atoms. The first-order valence-corrected chi connectivity index (χ1v) is 10.0. The van der Waals surface area contributed by atoms with Crippen molar-refractivity contribution in [2.45, 2.75) is 38.3 Å². The number of benzene rings is 2. The van der Waals surface area contributed by atoms with Crippen LogP contribution in [0.5, 0.6) is 11.5 Å². The Bertz CT molecular complexity index is 758. The summed E-state index contributed by atoms with van der Waals surface area (Å²) in [5.74, 6) is 1.10. The van der Waals surface area contributed by atoms with Gasteiger partial charge >= 0.3 is 0 Å². The molecular weight excluding hydrogens is 352 g/mol. The number of nitrogens with one attached hydrogen (secondary N) is 1. The highest BCUT2D eigenvalue weighted by atomic mass is 16.5. The van der Waals surface area contributed by atoms with Crippen molar-refractivity contribution >= 4 is 5.91 Å². The SMILES string of the molecule is COc1cc(C(=O)NCCN(C)C2CCCC2)ccc1OCc1ccccc1. The number of carbonyl (C=O) groups excluding carboxylic acids is 1. The molecule has 2 aromatic carbocycles. The van der Waals surface area contributed by atoms with Crippen LogP contribution in [-0.4, -0.2) is 44.1 Å². The van der Waals surface area contributed by atoms with Gasteiger partial charge in [-0.05, 0) is 43.7 Å². The van der Waals surface area contributed by atoms with Gasteiger partial charge in [0, 0.05) is 24.7 Å². The van der Waals surface area contributed by atoms with Gasteiger partial charge in [0.15, 0.2) is 11.5 Å². The van der Waals surface area contributed by atoms with Crippen LogP contribution in [0.25, 0.3) is 0 Å². The number of nitrogens with zero attached hydrogens (tertiary/aromatic N) is 1. The number of hydrogen-bond donors (Lipinski definition) is 1. The van der Waals surface area contributed by atoms with E-state index in [1.165, 1.54) is 25.7 Å². The highest BCUT2D eigenvalue weighted by Gasteiger charge is 2.19. The van der Waals surface area contributed by atoms with E-state index in [1.807, 2.05) is 30.3 Å². The van der Waals surface area contributed by atoms with E-state index in [9.17, 15) is 4.79 Å². The highest BCUT2D eigenvalue weighted by molar-refractivity contribution is 5.94. The van der Waals surface area contributed by atoms with Crippen LogP contribution in [0.4, 0.5) is 0 Å². The number of ether oxygens (including phenoxy) is 2. The number of likely N-dealkylation sites (N-methyl/N-ethyl adjacent to an activating group) is 1. The number of carbonyl (C=O) groups is 1. The molecule has 0 aliphatic heterocycles. The molecular formula is C23H30N2O3. The van der Waals surface area contributed by atoms with Crippen LogP contribution >= 0.6 is 0 Å². The normalized spacial score (nSPS) is 14.2. The van der Waals surface area contributed by atoms with Crippen LogP contribution < -0.4 is 14.8 Å². The third-order valence-corrected chi connectivity index (χ3v) is 5.36. The molecule has 3 rings (SSSR count). The predicted octanol–water partition coefficient (Wildman–Crippen LogP) is 3.88. The van der Waals surface area contributed by atoms with E-state index in [-0.39, 0.29) is 5.91 Å². The van der Waals surface area contributed by atoms with Crippen LogP contribution in [-0.2, 0) is 6.61 Å². The Balaban J connectivity index is 1.52. The second kappa shape index (κ2) is 10.1. The van der Waals surface area contributed by atoms with Gasteiger partial charge in [0.1, 0.15) is 6.61 Å². The maximum absolute atomic E-state index is 12.5. The number of hydrogen-bond acceptors (Lipinski definition) is 4. The quantitative estimate of drug-likeness (QED) is 0.715. The van der Waals surface area contributed by atoms with Crippen LogP contribution in [0.2, 0.25) is 0 Å². The molecule has 1 saturated carbocycles.